The predicted octanol–water partition coefficient (Wildman–Crippen LogP) is 3.17. The third-order valence-electron chi connectivity index (χ3n) is 6.91. The zero-order valence-corrected chi connectivity index (χ0v) is 20.2. The van der Waals surface area contributed by atoms with Crippen molar-refractivity contribution < 1.29 is 13.4 Å². The van der Waals surface area contributed by atoms with Crippen LogP contribution in [0.1, 0.15) is 36.0 Å². The molecule has 1 heterocycles. The summed E-state index contributed by atoms with van der Waals surface area (Å²) in [6.07, 6.45) is 2.72. The van der Waals surface area contributed by atoms with Crippen molar-refractivity contribution in [3.63, 3.8) is 0 Å². The molecule has 2 aromatic carbocycles. The minimum atomic E-state index is -1.02. The Balaban J connectivity index is 1.54. The van der Waals surface area contributed by atoms with E-state index in [4.69, 9.17) is 5.73 Å². The molecule has 2 atom stereocenters. The van der Waals surface area contributed by atoms with E-state index in [-0.39, 0.29) is 17.6 Å². The van der Waals surface area contributed by atoms with Crippen LogP contribution in [-0.2, 0) is 22.0 Å². The van der Waals surface area contributed by atoms with Crippen LogP contribution >= 0.6 is 0 Å². The molecule has 7 heteroatoms. The van der Waals surface area contributed by atoms with Crippen molar-refractivity contribution in [1.82, 2.24) is 9.80 Å². The molecule has 1 amide bonds. The highest BCUT2D eigenvalue weighted by molar-refractivity contribution is 7.84. The summed E-state index contributed by atoms with van der Waals surface area (Å²) in [5.41, 5.74) is 10.9. The molecule has 0 radical (unpaired) electrons. The molecule has 2 aromatic rings. The number of carbonyl (C=O) groups is 1. The van der Waals surface area contributed by atoms with Gasteiger partial charge in [-0.3, -0.25) is 13.9 Å². The van der Waals surface area contributed by atoms with Crippen LogP contribution in [0.2, 0.25) is 0 Å². The summed E-state index contributed by atoms with van der Waals surface area (Å²) in [5.74, 6) is -0.104. The van der Waals surface area contributed by atoms with Gasteiger partial charge in [0.05, 0.1) is 6.42 Å². The molecule has 176 valence electrons. The first-order chi connectivity index (χ1) is 15.9. The number of carbonyl (C=O) groups excluding carboxylic acids is 1. The van der Waals surface area contributed by atoms with Crippen LogP contribution in [0.15, 0.2) is 52.9 Å². The highest BCUT2D eigenvalue weighted by Crippen LogP contribution is 2.45. The number of halogens is 1. The SMILES string of the molecule is CC1=C(CC(=O)N2CCN(CCN)CC2)c2ccc(F)cc2C1Cc1ccc(S(C)=O)cc1. The lowest BCUT2D eigenvalue weighted by molar-refractivity contribution is -0.131. The summed E-state index contributed by atoms with van der Waals surface area (Å²) in [6, 6.07) is 12.7. The molecule has 0 saturated carbocycles. The Hall–Kier alpha value is -2.35. The summed E-state index contributed by atoms with van der Waals surface area (Å²) < 4.78 is 25.9. The Morgan fingerprint density at radius 3 is 2.45 bits per heavy atom. The van der Waals surface area contributed by atoms with E-state index in [1.807, 2.05) is 35.2 Å². The van der Waals surface area contributed by atoms with Gasteiger partial charge in [-0.05, 0) is 59.9 Å². The molecule has 0 aromatic heterocycles. The van der Waals surface area contributed by atoms with Gasteiger partial charge in [-0.2, -0.15) is 0 Å². The number of nitrogens with zero attached hydrogens (tertiary/aromatic N) is 2. The maximum atomic E-state index is 14.2. The summed E-state index contributed by atoms with van der Waals surface area (Å²) >= 11 is 0. The summed E-state index contributed by atoms with van der Waals surface area (Å²) in [5, 5.41) is 0. The number of allylic oxidation sites excluding steroid dienone is 1. The van der Waals surface area contributed by atoms with Gasteiger partial charge in [-0.15, -0.1) is 0 Å². The Kier molecular flexibility index (Phi) is 7.41. The van der Waals surface area contributed by atoms with Crippen molar-refractivity contribution in [3.05, 3.63) is 70.5 Å². The lowest BCUT2D eigenvalue weighted by Gasteiger charge is -2.34. The Labute approximate surface area is 197 Å². The van der Waals surface area contributed by atoms with Crippen molar-refractivity contribution in [1.29, 1.82) is 0 Å². The smallest absolute Gasteiger partial charge is 0.227 e. The maximum absolute atomic E-state index is 14.2. The van der Waals surface area contributed by atoms with E-state index in [0.717, 1.165) is 65.5 Å². The largest absolute Gasteiger partial charge is 0.340 e. The van der Waals surface area contributed by atoms with Gasteiger partial charge >= 0.3 is 0 Å². The molecule has 0 spiro atoms. The van der Waals surface area contributed by atoms with Crippen molar-refractivity contribution in [3.8, 4) is 0 Å². The number of nitrogens with two attached hydrogens (primary N) is 1. The van der Waals surface area contributed by atoms with E-state index in [0.29, 0.717) is 19.4 Å². The average molecular weight is 470 g/mol. The molecule has 0 bridgehead atoms. The zero-order chi connectivity index (χ0) is 23.5. The van der Waals surface area contributed by atoms with Gasteiger partial charge in [0.1, 0.15) is 5.82 Å². The van der Waals surface area contributed by atoms with E-state index >= 15 is 0 Å². The fraction of sp³-hybridized carbons (Fsp3) is 0.423. The molecule has 2 N–H and O–H groups in total. The fourth-order valence-corrected chi connectivity index (χ4v) is 5.49. The minimum absolute atomic E-state index is 0.0258. The van der Waals surface area contributed by atoms with Crippen LogP contribution in [0.4, 0.5) is 4.39 Å². The summed E-state index contributed by atoms with van der Waals surface area (Å²) in [4.78, 5) is 18.2. The molecular weight excluding hydrogens is 437 g/mol. The number of amides is 1. The number of fused-ring (bicyclic) bond motifs is 1. The standard InChI is InChI=1S/C26H32FN3O2S/c1-18-23(15-19-3-6-21(7-4-19)33(2)32)25-16-20(27)5-8-22(25)24(18)17-26(31)30-13-11-29(10-9-28)12-14-30/h3-8,16,23H,9-15,17,28H2,1-2H3. The monoisotopic (exact) mass is 469 g/mol. The second kappa shape index (κ2) is 10.3. The summed E-state index contributed by atoms with van der Waals surface area (Å²) in [6.45, 7) is 6.70. The first-order valence-corrected chi connectivity index (χ1v) is 13.0. The lowest BCUT2D eigenvalue weighted by Crippen LogP contribution is -2.49. The van der Waals surface area contributed by atoms with Crippen molar-refractivity contribution in [2.45, 2.75) is 30.6 Å². The van der Waals surface area contributed by atoms with Crippen LogP contribution in [0.25, 0.3) is 5.57 Å². The predicted molar refractivity (Wildman–Crippen MR) is 131 cm³/mol. The number of hydrogen-bond acceptors (Lipinski definition) is 4. The van der Waals surface area contributed by atoms with Gasteiger partial charge in [0, 0.05) is 67.1 Å². The molecule has 1 aliphatic carbocycles. The zero-order valence-electron chi connectivity index (χ0n) is 19.4. The van der Waals surface area contributed by atoms with E-state index in [1.165, 1.54) is 6.07 Å². The van der Waals surface area contributed by atoms with Gasteiger partial charge < -0.3 is 10.6 Å². The van der Waals surface area contributed by atoms with Crippen LogP contribution in [-0.4, -0.2) is 65.4 Å². The van der Waals surface area contributed by atoms with Crippen molar-refractivity contribution in [2.75, 3.05) is 45.5 Å². The topological polar surface area (TPSA) is 66.6 Å². The molecule has 4 rings (SSSR count). The van der Waals surface area contributed by atoms with Crippen LogP contribution in [0.5, 0.6) is 0 Å². The van der Waals surface area contributed by atoms with Gasteiger partial charge in [0.2, 0.25) is 5.91 Å². The summed E-state index contributed by atoms with van der Waals surface area (Å²) in [7, 11) is -1.02. The molecule has 2 aliphatic rings. The van der Waals surface area contributed by atoms with Gasteiger partial charge in [-0.1, -0.05) is 23.8 Å². The lowest BCUT2D eigenvalue weighted by atomic mass is 9.90. The average Bonchev–Trinajstić information content (AvgIpc) is 3.05. The van der Waals surface area contributed by atoms with E-state index < -0.39 is 10.8 Å². The molecule has 2 unspecified atom stereocenters. The van der Waals surface area contributed by atoms with Gasteiger partial charge in [-0.25, -0.2) is 4.39 Å². The molecule has 33 heavy (non-hydrogen) atoms. The quantitative estimate of drug-likeness (QED) is 0.677. The third-order valence-corrected chi connectivity index (χ3v) is 7.84. The van der Waals surface area contributed by atoms with Crippen LogP contribution in [0.3, 0.4) is 0 Å². The molecule has 1 fully saturated rings. The highest BCUT2D eigenvalue weighted by atomic mass is 32.2. The normalized spacial score (nSPS) is 19.6. The number of hydrogen-bond donors (Lipinski definition) is 1. The first kappa shape index (κ1) is 23.8. The van der Waals surface area contributed by atoms with Crippen molar-refractivity contribution in [2.24, 2.45) is 5.73 Å². The van der Waals surface area contributed by atoms with E-state index in [9.17, 15) is 13.4 Å². The van der Waals surface area contributed by atoms with E-state index in [2.05, 4.69) is 11.8 Å². The maximum Gasteiger partial charge on any atom is 0.227 e. The minimum Gasteiger partial charge on any atom is -0.340 e. The Morgan fingerprint density at radius 2 is 1.82 bits per heavy atom. The number of rotatable bonds is 7. The Morgan fingerprint density at radius 1 is 1.12 bits per heavy atom. The van der Waals surface area contributed by atoms with Gasteiger partial charge in [0.15, 0.2) is 0 Å². The van der Waals surface area contributed by atoms with Crippen molar-refractivity contribution >= 4 is 22.3 Å². The second-order valence-corrected chi connectivity index (χ2v) is 10.3. The van der Waals surface area contributed by atoms with Gasteiger partial charge in [0.25, 0.3) is 0 Å². The highest BCUT2D eigenvalue weighted by Gasteiger charge is 2.31. The molecule has 1 aliphatic heterocycles. The molecule has 1 saturated heterocycles. The Bertz CT molecular complexity index is 1080. The van der Waals surface area contributed by atoms with Crippen LogP contribution < -0.4 is 5.73 Å². The fourth-order valence-electron chi connectivity index (χ4n) is 4.97. The third kappa shape index (κ3) is 5.26. The number of benzene rings is 2. The van der Waals surface area contributed by atoms with Crippen LogP contribution in [0, 0.1) is 5.82 Å². The van der Waals surface area contributed by atoms with E-state index in [1.54, 1.807) is 12.3 Å². The number of piperazine rings is 1. The second-order valence-electron chi connectivity index (χ2n) is 8.94. The first-order valence-electron chi connectivity index (χ1n) is 11.5. The molecular formula is C26H32FN3O2S. The molecule has 5 nitrogen and oxygen atoms in total.